The van der Waals surface area contributed by atoms with Crippen LogP contribution in [0.3, 0.4) is 0 Å². The molecule has 0 fully saturated rings. The summed E-state index contributed by atoms with van der Waals surface area (Å²) in [7, 11) is -1.35. The van der Waals surface area contributed by atoms with Crippen molar-refractivity contribution in [1.29, 1.82) is 0 Å². The molecule has 0 saturated heterocycles. The Hall–Kier alpha value is -0.353. The molecule has 0 amide bonds. The van der Waals surface area contributed by atoms with E-state index in [1.54, 1.807) is 0 Å². The van der Waals surface area contributed by atoms with Crippen molar-refractivity contribution in [3.63, 3.8) is 0 Å². The Bertz CT molecular complexity index is 195. The predicted molar refractivity (Wildman–Crippen MR) is 63.5 cm³/mol. The Morgan fingerprint density at radius 3 is 2.86 bits per heavy atom. The minimum atomic E-state index is -1.35. The maximum atomic E-state index is 5.78. The minimum absolute atomic E-state index is 0.865. The van der Waals surface area contributed by atoms with Gasteiger partial charge in [-0.1, -0.05) is 0 Å². The lowest BCUT2D eigenvalue weighted by atomic mass is 10.4. The van der Waals surface area contributed by atoms with Crippen molar-refractivity contribution in [2.24, 2.45) is 4.99 Å². The molecule has 3 nitrogen and oxygen atoms in total. The van der Waals surface area contributed by atoms with Gasteiger partial charge >= 0.3 is 0 Å². The SMILES string of the molecule is CCO[Si](C)(C)CCCN1C=NCC1. The Morgan fingerprint density at radius 2 is 2.29 bits per heavy atom. The van der Waals surface area contributed by atoms with Gasteiger partial charge in [-0.15, -0.1) is 0 Å². The van der Waals surface area contributed by atoms with Gasteiger partial charge in [0.25, 0.3) is 0 Å². The summed E-state index contributed by atoms with van der Waals surface area (Å²) in [6, 6.07) is 1.26. The van der Waals surface area contributed by atoms with E-state index in [-0.39, 0.29) is 0 Å². The van der Waals surface area contributed by atoms with E-state index >= 15 is 0 Å². The van der Waals surface area contributed by atoms with Crippen LogP contribution in [-0.2, 0) is 4.43 Å². The summed E-state index contributed by atoms with van der Waals surface area (Å²) in [6.45, 7) is 10.8. The second-order valence-electron chi connectivity index (χ2n) is 4.35. The van der Waals surface area contributed by atoms with Gasteiger partial charge in [-0.05, 0) is 32.5 Å². The molecule has 0 aromatic carbocycles. The summed E-state index contributed by atoms with van der Waals surface area (Å²) in [6.07, 6.45) is 3.22. The average Bonchev–Trinajstić information content (AvgIpc) is 2.56. The van der Waals surface area contributed by atoms with Crippen LogP contribution in [0.2, 0.25) is 19.1 Å². The van der Waals surface area contributed by atoms with Crippen molar-refractivity contribution < 1.29 is 4.43 Å². The molecule has 14 heavy (non-hydrogen) atoms. The van der Waals surface area contributed by atoms with Crippen LogP contribution in [-0.4, -0.2) is 45.8 Å². The molecule has 82 valence electrons. The molecule has 0 bridgehead atoms. The smallest absolute Gasteiger partial charge is 0.186 e. The molecular weight excluding hydrogens is 192 g/mol. The van der Waals surface area contributed by atoms with E-state index in [0.717, 1.165) is 26.2 Å². The topological polar surface area (TPSA) is 24.8 Å². The molecule has 0 aliphatic carbocycles. The lowest BCUT2D eigenvalue weighted by Crippen LogP contribution is -2.31. The van der Waals surface area contributed by atoms with Crippen molar-refractivity contribution >= 4 is 14.7 Å². The van der Waals surface area contributed by atoms with Crippen LogP contribution in [0, 0.1) is 0 Å². The maximum absolute atomic E-state index is 5.78. The number of hydrogen-bond donors (Lipinski definition) is 0. The molecule has 1 heterocycles. The molecule has 0 radical (unpaired) electrons. The highest BCUT2D eigenvalue weighted by Gasteiger charge is 2.21. The summed E-state index contributed by atoms with van der Waals surface area (Å²) >= 11 is 0. The van der Waals surface area contributed by atoms with E-state index in [4.69, 9.17) is 4.43 Å². The molecule has 0 atom stereocenters. The Labute approximate surface area is 88.3 Å². The van der Waals surface area contributed by atoms with E-state index in [0.29, 0.717) is 0 Å². The van der Waals surface area contributed by atoms with Crippen LogP contribution in [0.15, 0.2) is 4.99 Å². The standard InChI is InChI=1S/C10H22N2OSi/c1-4-13-14(2,3)9-5-7-12-8-6-11-10-12/h10H,4-9H2,1-3H3. The number of aliphatic imine (C=N–C) groups is 1. The number of hydrogen-bond acceptors (Lipinski definition) is 3. The highest BCUT2D eigenvalue weighted by molar-refractivity contribution is 6.71. The fourth-order valence-electron chi connectivity index (χ4n) is 1.76. The van der Waals surface area contributed by atoms with E-state index in [1.165, 1.54) is 12.5 Å². The van der Waals surface area contributed by atoms with Gasteiger partial charge < -0.3 is 9.33 Å². The second kappa shape index (κ2) is 5.51. The summed E-state index contributed by atoms with van der Waals surface area (Å²) < 4.78 is 5.78. The fraction of sp³-hybridized carbons (Fsp3) is 0.900. The zero-order valence-electron chi connectivity index (χ0n) is 9.62. The lowest BCUT2D eigenvalue weighted by molar-refractivity contribution is 0.326. The Balaban J connectivity index is 2.10. The minimum Gasteiger partial charge on any atom is -0.418 e. The lowest BCUT2D eigenvalue weighted by Gasteiger charge is -2.23. The third kappa shape index (κ3) is 4.24. The second-order valence-corrected chi connectivity index (χ2v) is 8.66. The van der Waals surface area contributed by atoms with Crippen LogP contribution in [0.1, 0.15) is 13.3 Å². The zero-order chi connectivity index (χ0) is 10.4. The number of nitrogens with zero attached hydrogens (tertiary/aromatic N) is 2. The molecule has 4 heteroatoms. The van der Waals surface area contributed by atoms with Gasteiger partial charge in [-0.2, -0.15) is 0 Å². The van der Waals surface area contributed by atoms with Crippen molar-refractivity contribution in [3.05, 3.63) is 0 Å². The molecule has 1 rings (SSSR count). The summed E-state index contributed by atoms with van der Waals surface area (Å²) in [5, 5.41) is 0. The molecular formula is C10H22N2OSi. The Kier molecular flexibility index (Phi) is 4.61. The van der Waals surface area contributed by atoms with Crippen LogP contribution >= 0.6 is 0 Å². The van der Waals surface area contributed by atoms with Gasteiger partial charge in [0.1, 0.15) is 0 Å². The van der Waals surface area contributed by atoms with E-state index in [1.807, 2.05) is 6.34 Å². The first kappa shape index (κ1) is 11.7. The summed E-state index contributed by atoms with van der Waals surface area (Å²) in [4.78, 5) is 6.50. The fourth-order valence-corrected chi connectivity index (χ4v) is 3.69. The molecule has 0 N–H and O–H groups in total. The highest BCUT2D eigenvalue weighted by atomic mass is 28.4. The summed E-state index contributed by atoms with van der Waals surface area (Å²) in [5.74, 6) is 0. The van der Waals surface area contributed by atoms with Crippen molar-refractivity contribution in [3.8, 4) is 0 Å². The van der Waals surface area contributed by atoms with Gasteiger partial charge in [0, 0.05) is 19.7 Å². The highest BCUT2D eigenvalue weighted by Crippen LogP contribution is 2.14. The van der Waals surface area contributed by atoms with Gasteiger partial charge in [0.15, 0.2) is 8.32 Å². The first-order valence-corrected chi connectivity index (χ1v) is 8.63. The van der Waals surface area contributed by atoms with Crippen LogP contribution in [0.5, 0.6) is 0 Å². The van der Waals surface area contributed by atoms with Gasteiger partial charge in [-0.3, -0.25) is 4.99 Å². The van der Waals surface area contributed by atoms with Crippen LogP contribution in [0.25, 0.3) is 0 Å². The maximum Gasteiger partial charge on any atom is 0.186 e. The molecule has 1 aliphatic heterocycles. The molecule has 0 saturated carbocycles. The monoisotopic (exact) mass is 214 g/mol. The van der Waals surface area contributed by atoms with Gasteiger partial charge in [0.2, 0.25) is 0 Å². The van der Waals surface area contributed by atoms with E-state index < -0.39 is 8.32 Å². The normalized spacial score (nSPS) is 16.6. The van der Waals surface area contributed by atoms with Gasteiger partial charge in [0.05, 0.1) is 12.9 Å². The predicted octanol–water partition coefficient (Wildman–Crippen LogP) is 1.96. The van der Waals surface area contributed by atoms with E-state index in [2.05, 4.69) is 29.9 Å². The van der Waals surface area contributed by atoms with Gasteiger partial charge in [-0.25, -0.2) is 0 Å². The van der Waals surface area contributed by atoms with Crippen molar-refractivity contribution in [2.75, 3.05) is 26.2 Å². The zero-order valence-corrected chi connectivity index (χ0v) is 10.6. The first-order valence-electron chi connectivity index (χ1n) is 5.52. The van der Waals surface area contributed by atoms with Crippen molar-refractivity contribution in [1.82, 2.24) is 4.90 Å². The average molecular weight is 214 g/mol. The largest absolute Gasteiger partial charge is 0.418 e. The quantitative estimate of drug-likeness (QED) is 0.631. The third-order valence-electron chi connectivity index (χ3n) is 2.52. The third-order valence-corrected chi connectivity index (χ3v) is 5.15. The van der Waals surface area contributed by atoms with Crippen molar-refractivity contribution in [2.45, 2.75) is 32.5 Å². The molecule has 0 aromatic heterocycles. The first-order chi connectivity index (χ1) is 6.64. The number of rotatable bonds is 6. The summed E-state index contributed by atoms with van der Waals surface area (Å²) in [5.41, 5.74) is 0. The molecule has 0 spiro atoms. The van der Waals surface area contributed by atoms with E-state index in [9.17, 15) is 0 Å². The van der Waals surface area contributed by atoms with Crippen LogP contribution < -0.4 is 0 Å². The van der Waals surface area contributed by atoms with Crippen LogP contribution in [0.4, 0.5) is 0 Å². The molecule has 0 unspecified atom stereocenters. The molecule has 0 aromatic rings. The molecule has 1 aliphatic rings. The Morgan fingerprint density at radius 1 is 1.50 bits per heavy atom.